The zero-order valence-electron chi connectivity index (χ0n) is 17.4. The van der Waals surface area contributed by atoms with Crippen LogP contribution in [0.2, 0.25) is 5.02 Å². The number of aromatic nitrogens is 2. The molecule has 2 aromatic heterocycles. The van der Waals surface area contributed by atoms with Gasteiger partial charge < -0.3 is 10.1 Å². The summed E-state index contributed by atoms with van der Waals surface area (Å²) in [4.78, 5) is 34.7. The number of carbonyl (C=O) groups excluding carboxylic acids is 2. The lowest BCUT2D eigenvalue weighted by Crippen LogP contribution is -2.22. The Morgan fingerprint density at radius 1 is 1.23 bits per heavy atom. The number of amides is 1. The largest absolute Gasteiger partial charge is 0.454 e. The van der Waals surface area contributed by atoms with Gasteiger partial charge in [-0.3, -0.25) is 9.69 Å². The topological polar surface area (TPSA) is 84.4 Å². The molecule has 0 spiro atoms. The van der Waals surface area contributed by atoms with Crippen LogP contribution in [0.1, 0.15) is 43.4 Å². The van der Waals surface area contributed by atoms with Crippen molar-refractivity contribution in [2.45, 2.75) is 33.8 Å². The molecule has 0 aliphatic carbocycles. The fraction of sp³-hybridized carbons (Fsp3) is 0.333. The van der Waals surface area contributed by atoms with E-state index >= 15 is 0 Å². The summed E-state index contributed by atoms with van der Waals surface area (Å²) < 4.78 is 5.35. The molecule has 1 aromatic carbocycles. The van der Waals surface area contributed by atoms with Gasteiger partial charge in [-0.2, -0.15) is 0 Å². The summed E-state index contributed by atoms with van der Waals surface area (Å²) in [6.07, 6.45) is 1.03. The third kappa shape index (κ3) is 6.49. The molecule has 3 aromatic rings. The lowest BCUT2D eigenvalue weighted by atomic mass is 10.1. The maximum atomic E-state index is 12.3. The number of rotatable bonds is 9. The number of nitrogens with zero attached hydrogens (tertiary/aromatic N) is 3. The number of anilines is 3. The quantitative estimate of drug-likeness (QED) is 0.394. The van der Waals surface area contributed by atoms with Crippen molar-refractivity contribution < 1.29 is 14.3 Å². The van der Waals surface area contributed by atoms with Gasteiger partial charge in [-0.1, -0.05) is 31.5 Å². The number of nitrogens with one attached hydrogen (secondary N) is 1. The number of hydrogen-bond acceptors (Lipinski definition) is 8. The zero-order valence-corrected chi connectivity index (χ0v) is 19.8. The van der Waals surface area contributed by atoms with E-state index in [9.17, 15) is 9.59 Å². The maximum absolute atomic E-state index is 12.3. The number of esters is 1. The highest BCUT2D eigenvalue weighted by atomic mass is 35.5. The van der Waals surface area contributed by atoms with E-state index in [1.54, 1.807) is 35.0 Å². The van der Waals surface area contributed by atoms with Gasteiger partial charge in [0.25, 0.3) is 0 Å². The smallest absolute Gasteiger partial charge is 0.358 e. The zero-order chi connectivity index (χ0) is 22.4. The summed E-state index contributed by atoms with van der Waals surface area (Å²) in [5.41, 5.74) is 1.43. The summed E-state index contributed by atoms with van der Waals surface area (Å²) in [5, 5.41) is 8.33. The van der Waals surface area contributed by atoms with Gasteiger partial charge in [0.2, 0.25) is 5.91 Å². The highest BCUT2D eigenvalue weighted by Crippen LogP contribution is 2.30. The van der Waals surface area contributed by atoms with Crippen molar-refractivity contribution >= 4 is 62.1 Å². The van der Waals surface area contributed by atoms with E-state index in [0.717, 1.165) is 13.0 Å². The van der Waals surface area contributed by atoms with Crippen molar-refractivity contribution in [3.63, 3.8) is 0 Å². The van der Waals surface area contributed by atoms with E-state index < -0.39 is 5.97 Å². The third-order valence-corrected chi connectivity index (χ3v) is 6.08. The second-order valence-electron chi connectivity index (χ2n) is 7.18. The van der Waals surface area contributed by atoms with Gasteiger partial charge in [-0.15, -0.1) is 22.7 Å². The second-order valence-corrected chi connectivity index (χ2v) is 9.31. The number of ether oxygens (including phenoxy) is 1. The average molecular weight is 479 g/mol. The SMILES string of the molecule is CC(=O)N(c1cccc(Cl)c1)c1nc(COC(=O)c2csc(NCCC(C)C)n2)cs1. The minimum Gasteiger partial charge on any atom is -0.454 e. The van der Waals surface area contributed by atoms with Gasteiger partial charge >= 0.3 is 5.97 Å². The predicted octanol–water partition coefficient (Wildman–Crippen LogP) is 5.75. The molecule has 164 valence electrons. The van der Waals surface area contributed by atoms with Crippen LogP contribution in [0.15, 0.2) is 35.0 Å². The Kier molecular flexibility index (Phi) is 8.00. The molecule has 0 saturated heterocycles. The predicted molar refractivity (Wildman–Crippen MR) is 126 cm³/mol. The molecule has 0 fully saturated rings. The van der Waals surface area contributed by atoms with Gasteiger partial charge in [0.05, 0.1) is 11.4 Å². The first-order chi connectivity index (χ1) is 14.8. The monoisotopic (exact) mass is 478 g/mol. The molecular formula is C21H23ClN4O3S2. The molecule has 0 atom stereocenters. The van der Waals surface area contributed by atoms with Crippen molar-refractivity contribution in [3.05, 3.63) is 51.4 Å². The molecular weight excluding hydrogens is 456 g/mol. The van der Waals surface area contributed by atoms with Crippen LogP contribution in [0.25, 0.3) is 0 Å². The minimum absolute atomic E-state index is 0.00966. The van der Waals surface area contributed by atoms with E-state index in [4.69, 9.17) is 16.3 Å². The van der Waals surface area contributed by atoms with Crippen molar-refractivity contribution in [2.75, 3.05) is 16.8 Å². The van der Waals surface area contributed by atoms with Crippen LogP contribution in [0, 0.1) is 5.92 Å². The number of halogens is 1. The molecule has 31 heavy (non-hydrogen) atoms. The van der Waals surface area contributed by atoms with Crippen LogP contribution in [0.5, 0.6) is 0 Å². The first-order valence-corrected chi connectivity index (χ1v) is 11.8. The number of thiazole rings is 2. The van der Waals surface area contributed by atoms with Crippen molar-refractivity contribution in [3.8, 4) is 0 Å². The van der Waals surface area contributed by atoms with Crippen LogP contribution < -0.4 is 10.2 Å². The molecule has 0 aliphatic rings. The Labute approximate surface area is 194 Å². The summed E-state index contributed by atoms with van der Waals surface area (Å²) in [6, 6.07) is 6.98. The van der Waals surface area contributed by atoms with Crippen molar-refractivity contribution in [1.29, 1.82) is 0 Å². The molecule has 0 aliphatic heterocycles. The minimum atomic E-state index is -0.513. The summed E-state index contributed by atoms with van der Waals surface area (Å²) in [6.45, 7) is 6.56. The van der Waals surface area contributed by atoms with Crippen LogP contribution in [0.3, 0.4) is 0 Å². The second kappa shape index (κ2) is 10.7. The van der Waals surface area contributed by atoms with E-state index in [2.05, 4.69) is 29.1 Å². The lowest BCUT2D eigenvalue weighted by Gasteiger charge is -2.18. The first-order valence-electron chi connectivity index (χ1n) is 9.70. The van der Waals surface area contributed by atoms with Crippen LogP contribution in [0.4, 0.5) is 16.0 Å². The molecule has 0 saturated carbocycles. The van der Waals surface area contributed by atoms with Gasteiger partial charge in [0, 0.05) is 29.3 Å². The van der Waals surface area contributed by atoms with Gasteiger partial charge in [0.15, 0.2) is 16.0 Å². The average Bonchev–Trinajstić information content (AvgIpc) is 3.36. The standard InChI is InChI=1S/C21H23ClN4O3S2/c1-13(2)7-8-23-20-25-18(12-30-20)19(28)29-10-16-11-31-21(24-16)26(14(3)27)17-6-4-5-15(22)9-17/h4-6,9,11-13H,7-8,10H2,1-3H3,(H,23,25). The highest BCUT2D eigenvalue weighted by molar-refractivity contribution is 7.14. The van der Waals surface area contributed by atoms with Crippen LogP contribution in [-0.2, 0) is 16.1 Å². The molecule has 0 bridgehead atoms. The van der Waals surface area contributed by atoms with Gasteiger partial charge in [-0.05, 0) is 30.5 Å². The van der Waals surface area contributed by atoms with Crippen molar-refractivity contribution in [1.82, 2.24) is 9.97 Å². The van der Waals surface area contributed by atoms with E-state index in [0.29, 0.717) is 32.6 Å². The summed E-state index contributed by atoms with van der Waals surface area (Å²) >= 11 is 8.71. The fourth-order valence-electron chi connectivity index (χ4n) is 2.64. The Hall–Kier alpha value is -2.49. The Balaban J connectivity index is 1.60. The molecule has 1 amide bonds. The molecule has 10 heteroatoms. The fourth-order valence-corrected chi connectivity index (χ4v) is 4.40. The van der Waals surface area contributed by atoms with Gasteiger partial charge in [0.1, 0.15) is 6.61 Å². The van der Waals surface area contributed by atoms with Crippen LogP contribution >= 0.6 is 34.3 Å². The van der Waals surface area contributed by atoms with Gasteiger partial charge in [-0.25, -0.2) is 14.8 Å². The molecule has 3 rings (SSSR count). The molecule has 1 N–H and O–H groups in total. The van der Waals surface area contributed by atoms with Crippen LogP contribution in [-0.4, -0.2) is 28.4 Å². The Morgan fingerprint density at radius 3 is 2.74 bits per heavy atom. The van der Waals surface area contributed by atoms with E-state index in [-0.39, 0.29) is 18.2 Å². The number of carbonyl (C=O) groups is 2. The molecule has 0 radical (unpaired) electrons. The summed E-state index contributed by atoms with van der Waals surface area (Å²) in [5.74, 6) is -0.112. The normalized spacial score (nSPS) is 10.9. The molecule has 7 nitrogen and oxygen atoms in total. The third-order valence-electron chi connectivity index (χ3n) is 4.17. The maximum Gasteiger partial charge on any atom is 0.358 e. The van der Waals surface area contributed by atoms with E-state index in [1.165, 1.54) is 34.5 Å². The lowest BCUT2D eigenvalue weighted by molar-refractivity contribution is -0.115. The first kappa shape index (κ1) is 23.2. The van der Waals surface area contributed by atoms with Crippen molar-refractivity contribution in [2.24, 2.45) is 5.92 Å². The van der Waals surface area contributed by atoms with E-state index in [1.807, 2.05) is 0 Å². The molecule has 2 heterocycles. The number of hydrogen-bond donors (Lipinski definition) is 1. The Bertz CT molecular complexity index is 1050. The highest BCUT2D eigenvalue weighted by Gasteiger charge is 2.19. The Morgan fingerprint density at radius 2 is 2.03 bits per heavy atom. The summed E-state index contributed by atoms with van der Waals surface area (Å²) in [7, 11) is 0. The number of benzene rings is 1. The molecule has 0 unspecified atom stereocenters.